The van der Waals surface area contributed by atoms with Crippen LogP contribution in [0, 0.1) is 31.0 Å². The molecule has 1 amide bonds. The van der Waals surface area contributed by atoms with Crippen LogP contribution in [0.2, 0.25) is 0 Å². The summed E-state index contributed by atoms with van der Waals surface area (Å²) < 4.78 is 30.9. The average molecular weight is 480 g/mol. The second-order valence-corrected chi connectivity index (χ2v) is 7.68. The largest absolute Gasteiger partial charge is 0.493 e. The highest BCUT2D eigenvalue weighted by atomic mass is 19.1. The van der Waals surface area contributed by atoms with Crippen molar-refractivity contribution in [2.75, 3.05) is 25.6 Å². The molecule has 9 heteroatoms. The van der Waals surface area contributed by atoms with E-state index in [0.717, 1.165) is 11.3 Å². The van der Waals surface area contributed by atoms with E-state index in [1.807, 2.05) is 13.8 Å². The zero-order valence-corrected chi connectivity index (χ0v) is 20.0. The maximum absolute atomic E-state index is 13.3. The third kappa shape index (κ3) is 5.79. The fourth-order valence-corrected chi connectivity index (χ4v) is 3.55. The number of amides is 1. The number of benzene rings is 2. The first kappa shape index (κ1) is 25.3. The quantitative estimate of drug-likeness (QED) is 0.458. The molecule has 0 bridgehead atoms. The van der Waals surface area contributed by atoms with Gasteiger partial charge in [-0.05, 0) is 62.2 Å². The van der Waals surface area contributed by atoms with Gasteiger partial charge in [0.15, 0.2) is 18.1 Å². The molecular formula is C26H26FN3O5. The number of carbonyl (C=O) groups excluding carboxylic acids is 2. The summed E-state index contributed by atoms with van der Waals surface area (Å²) in [6.07, 6.45) is 0. The zero-order chi connectivity index (χ0) is 25.5. The summed E-state index contributed by atoms with van der Waals surface area (Å²) in [6, 6.07) is 12.7. The van der Waals surface area contributed by atoms with Gasteiger partial charge in [0.25, 0.3) is 5.91 Å². The van der Waals surface area contributed by atoms with Gasteiger partial charge in [0.05, 0.1) is 24.8 Å². The van der Waals surface area contributed by atoms with E-state index in [1.165, 1.54) is 31.4 Å². The predicted molar refractivity (Wildman–Crippen MR) is 127 cm³/mol. The number of aromatic nitrogens is 1. The van der Waals surface area contributed by atoms with Gasteiger partial charge in [-0.1, -0.05) is 12.1 Å². The topological polar surface area (TPSA) is 103 Å². The van der Waals surface area contributed by atoms with Gasteiger partial charge in [0.1, 0.15) is 17.7 Å². The number of hydrogen-bond acceptors (Lipinski definition) is 6. The van der Waals surface area contributed by atoms with Gasteiger partial charge < -0.3 is 24.1 Å². The van der Waals surface area contributed by atoms with Crippen LogP contribution < -0.4 is 14.8 Å². The molecule has 0 fully saturated rings. The van der Waals surface area contributed by atoms with E-state index in [4.69, 9.17) is 14.2 Å². The normalized spacial score (nSPS) is 10.4. The molecular weight excluding hydrogens is 453 g/mol. The molecule has 0 aliphatic carbocycles. The average Bonchev–Trinajstić information content (AvgIpc) is 3.07. The second-order valence-electron chi connectivity index (χ2n) is 7.68. The lowest BCUT2D eigenvalue weighted by Crippen LogP contribution is -2.23. The van der Waals surface area contributed by atoms with Crippen molar-refractivity contribution in [3.8, 4) is 17.6 Å². The van der Waals surface area contributed by atoms with Crippen LogP contribution in [-0.2, 0) is 16.1 Å². The maximum Gasteiger partial charge on any atom is 0.338 e. The minimum Gasteiger partial charge on any atom is -0.493 e. The summed E-state index contributed by atoms with van der Waals surface area (Å²) in [6.45, 7) is 5.64. The number of rotatable bonds is 9. The monoisotopic (exact) mass is 479 g/mol. The molecule has 0 aliphatic rings. The summed E-state index contributed by atoms with van der Waals surface area (Å²) in [5, 5.41) is 12.3. The summed E-state index contributed by atoms with van der Waals surface area (Å²) in [5.74, 6) is -0.528. The van der Waals surface area contributed by atoms with Gasteiger partial charge in [-0.25, -0.2) is 9.18 Å². The molecule has 0 spiro atoms. The number of anilines is 1. The molecule has 3 aromatic rings. The molecule has 0 atom stereocenters. The smallest absolute Gasteiger partial charge is 0.338 e. The third-order valence-corrected chi connectivity index (χ3v) is 5.49. The molecule has 3 rings (SSSR count). The van der Waals surface area contributed by atoms with Gasteiger partial charge in [0, 0.05) is 12.2 Å². The number of nitrogens with zero attached hydrogens (tertiary/aromatic N) is 2. The molecule has 2 aromatic carbocycles. The Kier molecular flexibility index (Phi) is 8.10. The van der Waals surface area contributed by atoms with Crippen LogP contribution in [0.15, 0.2) is 42.5 Å². The highest BCUT2D eigenvalue weighted by molar-refractivity contribution is 5.96. The first-order valence-corrected chi connectivity index (χ1v) is 10.9. The van der Waals surface area contributed by atoms with Gasteiger partial charge in [-0.3, -0.25) is 4.79 Å². The first-order chi connectivity index (χ1) is 16.8. The highest BCUT2D eigenvalue weighted by Gasteiger charge is 2.21. The molecule has 0 aliphatic heterocycles. The van der Waals surface area contributed by atoms with Crippen molar-refractivity contribution < 1.29 is 28.2 Å². The van der Waals surface area contributed by atoms with Crippen LogP contribution in [0.4, 0.5) is 10.2 Å². The number of esters is 1. The number of halogens is 1. The molecule has 1 heterocycles. The SMILES string of the molecule is CCOc1ccc(C(=O)OCC(=O)Nc2c(C#N)c(C)c(C)n2Cc2ccc(F)cc2)cc1OC. The van der Waals surface area contributed by atoms with Gasteiger partial charge in [-0.15, -0.1) is 0 Å². The third-order valence-electron chi connectivity index (χ3n) is 5.49. The van der Waals surface area contributed by atoms with Crippen molar-refractivity contribution >= 4 is 17.7 Å². The van der Waals surface area contributed by atoms with Crippen LogP contribution >= 0.6 is 0 Å². The molecule has 1 N–H and O–H groups in total. The molecule has 182 valence electrons. The van der Waals surface area contributed by atoms with E-state index in [-0.39, 0.29) is 17.2 Å². The standard InChI is InChI=1S/C26H26FN3O5/c1-5-34-22-11-8-19(12-23(22)33-4)26(32)35-15-24(31)29-25-21(13-28)16(2)17(3)30(25)14-18-6-9-20(27)10-7-18/h6-12H,5,14-15H2,1-4H3,(H,29,31). The van der Waals surface area contributed by atoms with Crippen molar-refractivity contribution in [1.29, 1.82) is 5.26 Å². The lowest BCUT2D eigenvalue weighted by Gasteiger charge is -2.14. The highest BCUT2D eigenvalue weighted by Crippen LogP contribution is 2.29. The Morgan fingerprint density at radius 2 is 1.83 bits per heavy atom. The molecule has 0 radical (unpaired) electrons. The molecule has 0 unspecified atom stereocenters. The molecule has 35 heavy (non-hydrogen) atoms. The van der Waals surface area contributed by atoms with Gasteiger partial charge >= 0.3 is 5.97 Å². The van der Waals surface area contributed by atoms with E-state index < -0.39 is 18.5 Å². The summed E-state index contributed by atoms with van der Waals surface area (Å²) in [4.78, 5) is 25.1. The van der Waals surface area contributed by atoms with E-state index in [1.54, 1.807) is 29.7 Å². The fraction of sp³-hybridized carbons (Fsp3) is 0.269. The van der Waals surface area contributed by atoms with Crippen LogP contribution in [0.5, 0.6) is 11.5 Å². The number of methoxy groups -OCH3 is 1. The van der Waals surface area contributed by atoms with Crippen molar-refractivity contribution in [2.24, 2.45) is 0 Å². The van der Waals surface area contributed by atoms with E-state index in [9.17, 15) is 19.2 Å². The number of hydrogen-bond donors (Lipinski definition) is 1. The van der Waals surface area contributed by atoms with Crippen molar-refractivity contribution in [2.45, 2.75) is 27.3 Å². The minimum absolute atomic E-state index is 0.196. The van der Waals surface area contributed by atoms with Crippen LogP contribution in [0.1, 0.15) is 39.7 Å². The summed E-state index contributed by atoms with van der Waals surface area (Å²) in [7, 11) is 1.46. The Bertz CT molecular complexity index is 1280. The lowest BCUT2D eigenvalue weighted by molar-refractivity contribution is -0.119. The number of carbonyl (C=O) groups is 2. The Labute approximate surface area is 202 Å². The first-order valence-electron chi connectivity index (χ1n) is 10.9. The Morgan fingerprint density at radius 3 is 2.46 bits per heavy atom. The fourth-order valence-electron chi connectivity index (χ4n) is 3.55. The molecule has 1 aromatic heterocycles. The number of nitrogens with one attached hydrogen (secondary N) is 1. The number of ether oxygens (including phenoxy) is 3. The minimum atomic E-state index is -0.712. The maximum atomic E-state index is 13.3. The zero-order valence-electron chi connectivity index (χ0n) is 20.0. The Hall–Kier alpha value is -4.32. The Balaban J connectivity index is 1.74. The molecule has 8 nitrogen and oxygen atoms in total. The second kappa shape index (κ2) is 11.2. The molecule has 0 saturated heterocycles. The van der Waals surface area contributed by atoms with E-state index >= 15 is 0 Å². The van der Waals surface area contributed by atoms with Crippen molar-refractivity contribution in [3.63, 3.8) is 0 Å². The predicted octanol–water partition coefficient (Wildman–Crippen LogP) is 4.37. The summed E-state index contributed by atoms with van der Waals surface area (Å²) in [5.41, 5.74) is 2.78. The summed E-state index contributed by atoms with van der Waals surface area (Å²) >= 11 is 0. The van der Waals surface area contributed by atoms with Crippen LogP contribution in [0.25, 0.3) is 0 Å². The Morgan fingerprint density at radius 1 is 1.11 bits per heavy atom. The van der Waals surface area contributed by atoms with Gasteiger partial charge in [0.2, 0.25) is 0 Å². The van der Waals surface area contributed by atoms with Gasteiger partial charge in [-0.2, -0.15) is 5.26 Å². The molecule has 0 saturated carbocycles. The number of nitriles is 1. The van der Waals surface area contributed by atoms with Crippen LogP contribution in [0.3, 0.4) is 0 Å². The van der Waals surface area contributed by atoms with E-state index in [0.29, 0.717) is 35.8 Å². The van der Waals surface area contributed by atoms with Crippen molar-refractivity contribution in [1.82, 2.24) is 4.57 Å². The van der Waals surface area contributed by atoms with Crippen molar-refractivity contribution in [3.05, 3.63) is 76.2 Å². The van der Waals surface area contributed by atoms with E-state index in [2.05, 4.69) is 11.4 Å². The lowest BCUT2D eigenvalue weighted by atomic mass is 10.2. The van der Waals surface area contributed by atoms with Crippen LogP contribution in [-0.4, -0.2) is 36.8 Å².